The standard InChI is InChI=1S/C13H24N2O/c1-12(2,3)11(16)15-9-6-13(10-15)4-7-14-8-5-13/h14H,4-10H2,1-3H3. The van der Waals surface area contributed by atoms with E-state index in [1.807, 2.05) is 20.8 Å². The van der Waals surface area contributed by atoms with E-state index in [0.29, 0.717) is 11.3 Å². The van der Waals surface area contributed by atoms with Gasteiger partial charge in [0.15, 0.2) is 0 Å². The largest absolute Gasteiger partial charge is 0.342 e. The third-order valence-electron chi connectivity index (χ3n) is 4.03. The molecule has 2 fully saturated rings. The average Bonchev–Trinajstić information content (AvgIpc) is 2.61. The topological polar surface area (TPSA) is 32.3 Å². The summed E-state index contributed by atoms with van der Waals surface area (Å²) in [5.41, 5.74) is 0.213. The summed E-state index contributed by atoms with van der Waals surface area (Å²) in [6, 6.07) is 0. The van der Waals surface area contributed by atoms with E-state index in [4.69, 9.17) is 0 Å². The van der Waals surface area contributed by atoms with E-state index in [1.165, 1.54) is 19.3 Å². The number of hydrogen-bond acceptors (Lipinski definition) is 2. The van der Waals surface area contributed by atoms with E-state index in [0.717, 1.165) is 26.2 Å². The van der Waals surface area contributed by atoms with Crippen molar-refractivity contribution in [1.29, 1.82) is 0 Å². The second kappa shape index (κ2) is 4.02. The van der Waals surface area contributed by atoms with E-state index in [1.54, 1.807) is 0 Å². The fourth-order valence-electron chi connectivity index (χ4n) is 2.95. The third kappa shape index (κ3) is 2.24. The summed E-state index contributed by atoms with van der Waals surface area (Å²) < 4.78 is 0. The zero-order valence-electron chi connectivity index (χ0n) is 10.8. The Labute approximate surface area is 98.6 Å². The summed E-state index contributed by atoms with van der Waals surface area (Å²) in [6.45, 7) is 10.3. The van der Waals surface area contributed by atoms with Gasteiger partial charge in [-0.15, -0.1) is 0 Å². The second-order valence-corrected chi connectivity index (χ2v) is 6.48. The molecule has 3 heteroatoms. The summed E-state index contributed by atoms with van der Waals surface area (Å²) in [4.78, 5) is 14.3. The number of rotatable bonds is 0. The monoisotopic (exact) mass is 224 g/mol. The van der Waals surface area contributed by atoms with Crippen molar-refractivity contribution < 1.29 is 4.79 Å². The lowest BCUT2D eigenvalue weighted by atomic mass is 9.78. The first-order chi connectivity index (χ1) is 7.43. The zero-order chi connectivity index (χ0) is 11.8. The van der Waals surface area contributed by atoms with Crippen molar-refractivity contribution >= 4 is 5.91 Å². The summed E-state index contributed by atoms with van der Waals surface area (Å²) in [7, 11) is 0. The third-order valence-corrected chi connectivity index (χ3v) is 4.03. The summed E-state index contributed by atoms with van der Waals surface area (Å²) in [6.07, 6.45) is 3.68. The van der Waals surface area contributed by atoms with Crippen molar-refractivity contribution in [2.45, 2.75) is 40.0 Å². The van der Waals surface area contributed by atoms with E-state index in [2.05, 4.69) is 10.2 Å². The van der Waals surface area contributed by atoms with Gasteiger partial charge in [-0.2, -0.15) is 0 Å². The lowest BCUT2D eigenvalue weighted by Crippen LogP contribution is -2.42. The van der Waals surface area contributed by atoms with Gasteiger partial charge < -0.3 is 10.2 Å². The highest BCUT2D eigenvalue weighted by atomic mass is 16.2. The molecule has 2 heterocycles. The van der Waals surface area contributed by atoms with Crippen LogP contribution in [0.5, 0.6) is 0 Å². The Balaban J connectivity index is 1.99. The molecule has 2 aliphatic rings. The van der Waals surface area contributed by atoms with Crippen LogP contribution < -0.4 is 5.32 Å². The Kier molecular flexibility index (Phi) is 2.99. The summed E-state index contributed by atoms with van der Waals surface area (Å²) >= 11 is 0. The highest BCUT2D eigenvalue weighted by Gasteiger charge is 2.42. The van der Waals surface area contributed by atoms with Gasteiger partial charge in [-0.1, -0.05) is 20.8 Å². The normalized spacial score (nSPS) is 25.1. The van der Waals surface area contributed by atoms with Crippen molar-refractivity contribution in [2.75, 3.05) is 26.2 Å². The number of carbonyl (C=O) groups is 1. The van der Waals surface area contributed by atoms with Gasteiger partial charge in [0, 0.05) is 18.5 Å². The molecule has 3 nitrogen and oxygen atoms in total. The van der Waals surface area contributed by atoms with Gasteiger partial charge in [-0.25, -0.2) is 0 Å². The molecule has 16 heavy (non-hydrogen) atoms. The molecule has 0 aromatic carbocycles. The molecular weight excluding hydrogens is 200 g/mol. The molecule has 1 amide bonds. The van der Waals surface area contributed by atoms with Crippen LogP contribution in [0.15, 0.2) is 0 Å². The summed E-state index contributed by atoms with van der Waals surface area (Å²) in [5, 5.41) is 3.41. The molecule has 2 saturated heterocycles. The van der Waals surface area contributed by atoms with E-state index in [-0.39, 0.29) is 5.41 Å². The van der Waals surface area contributed by atoms with Crippen molar-refractivity contribution in [2.24, 2.45) is 10.8 Å². The number of piperidine rings is 1. The SMILES string of the molecule is CC(C)(C)C(=O)N1CCC2(CCNCC2)C1. The first-order valence-corrected chi connectivity index (χ1v) is 6.43. The lowest BCUT2D eigenvalue weighted by Gasteiger charge is -2.34. The number of nitrogens with zero attached hydrogens (tertiary/aromatic N) is 1. The van der Waals surface area contributed by atoms with Crippen LogP contribution in [0, 0.1) is 10.8 Å². The average molecular weight is 224 g/mol. The molecule has 0 aromatic rings. The zero-order valence-corrected chi connectivity index (χ0v) is 10.8. The Morgan fingerprint density at radius 3 is 2.38 bits per heavy atom. The predicted molar refractivity (Wildman–Crippen MR) is 65.2 cm³/mol. The maximum atomic E-state index is 12.2. The highest BCUT2D eigenvalue weighted by molar-refractivity contribution is 5.81. The van der Waals surface area contributed by atoms with Crippen LogP contribution in [-0.4, -0.2) is 37.0 Å². The number of likely N-dealkylation sites (tertiary alicyclic amines) is 1. The molecule has 0 aliphatic carbocycles. The number of carbonyl (C=O) groups excluding carboxylic acids is 1. The van der Waals surface area contributed by atoms with Crippen LogP contribution >= 0.6 is 0 Å². The Bertz CT molecular complexity index is 274. The molecule has 92 valence electrons. The van der Waals surface area contributed by atoms with Gasteiger partial charge in [-0.05, 0) is 37.8 Å². The second-order valence-electron chi connectivity index (χ2n) is 6.48. The van der Waals surface area contributed by atoms with Gasteiger partial charge in [0.1, 0.15) is 0 Å². The number of nitrogens with one attached hydrogen (secondary N) is 1. The molecule has 1 spiro atoms. The minimum atomic E-state index is -0.224. The van der Waals surface area contributed by atoms with Crippen LogP contribution in [-0.2, 0) is 4.79 Å². The molecule has 2 aliphatic heterocycles. The van der Waals surface area contributed by atoms with Crippen LogP contribution in [0.1, 0.15) is 40.0 Å². The Morgan fingerprint density at radius 2 is 1.81 bits per heavy atom. The maximum Gasteiger partial charge on any atom is 0.227 e. The molecule has 0 atom stereocenters. The van der Waals surface area contributed by atoms with Gasteiger partial charge in [0.2, 0.25) is 5.91 Å². The predicted octanol–water partition coefficient (Wildman–Crippen LogP) is 1.63. The van der Waals surface area contributed by atoms with Crippen molar-refractivity contribution in [3.8, 4) is 0 Å². The molecule has 1 N–H and O–H groups in total. The van der Waals surface area contributed by atoms with Gasteiger partial charge in [-0.3, -0.25) is 4.79 Å². The summed E-state index contributed by atoms with van der Waals surface area (Å²) in [5.74, 6) is 0.322. The van der Waals surface area contributed by atoms with Crippen LogP contribution in [0.3, 0.4) is 0 Å². The van der Waals surface area contributed by atoms with Gasteiger partial charge in [0.25, 0.3) is 0 Å². The molecule has 0 radical (unpaired) electrons. The quantitative estimate of drug-likeness (QED) is 0.678. The molecule has 2 rings (SSSR count). The van der Waals surface area contributed by atoms with Crippen LogP contribution in [0.4, 0.5) is 0 Å². The van der Waals surface area contributed by atoms with Crippen LogP contribution in [0.25, 0.3) is 0 Å². The van der Waals surface area contributed by atoms with Crippen molar-refractivity contribution in [3.05, 3.63) is 0 Å². The molecule has 0 bridgehead atoms. The first-order valence-electron chi connectivity index (χ1n) is 6.43. The molecule has 0 unspecified atom stereocenters. The lowest BCUT2D eigenvalue weighted by molar-refractivity contribution is -0.138. The minimum absolute atomic E-state index is 0.224. The Hall–Kier alpha value is -0.570. The maximum absolute atomic E-state index is 12.2. The van der Waals surface area contributed by atoms with E-state index in [9.17, 15) is 4.79 Å². The molecule has 0 aromatic heterocycles. The van der Waals surface area contributed by atoms with Crippen LogP contribution in [0.2, 0.25) is 0 Å². The molecular formula is C13H24N2O. The first kappa shape index (κ1) is 11.9. The van der Waals surface area contributed by atoms with E-state index >= 15 is 0 Å². The number of amides is 1. The van der Waals surface area contributed by atoms with Gasteiger partial charge in [0.05, 0.1) is 0 Å². The van der Waals surface area contributed by atoms with Gasteiger partial charge >= 0.3 is 0 Å². The fraction of sp³-hybridized carbons (Fsp3) is 0.923. The highest BCUT2D eigenvalue weighted by Crippen LogP contribution is 2.39. The number of hydrogen-bond donors (Lipinski definition) is 1. The molecule has 0 saturated carbocycles. The fourth-order valence-corrected chi connectivity index (χ4v) is 2.95. The van der Waals surface area contributed by atoms with E-state index < -0.39 is 0 Å². The Morgan fingerprint density at radius 1 is 1.19 bits per heavy atom. The van der Waals surface area contributed by atoms with Crippen molar-refractivity contribution in [1.82, 2.24) is 10.2 Å². The minimum Gasteiger partial charge on any atom is -0.342 e. The van der Waals surface area contributed by atoms with Crippen molar-refractivity contribution in [3.63, 3.8) is 0 Å². The smallest absolute Gasteiger partial charge is 0.227 e.